The maximum atomic E-state index is 11.6. The molecule has 0 aromatic heterocycles. The Bertz CT molecular complexity index is 231. The molecule has 0 radical (unpaired) electrons. The van der Waals surface area contributed by atoms with Crippen LogP contribution < -0.4 is 0 Å². The number of methoxy groups -OCH3 is 4. The Morgan fingerprint density at radius 2 is 1.69 bits per heavy atom. The zero-order valence-electron chi connectivity index (χ0n) is 9.97. The summed E-state index contributed by atoms with van der Waals surface area (Å²) < 4.78 is 25.7. The fourth-order valence-electron chi connectivity index (χ4n) is 1.87. The van der Waals surface area contributed by atoms with Crippen LogP contribution in [0.4, 0.5) is 0 Å². The number of carbonyl (C=O) groups is 1. The van der Waals surface area contributed by atoms with E-state index in [1.165, 1.54) is 28.4 Å². The summed E-state index contributed by atoms with van der Waals surface area (Å²) in [5.41, 5.74) is 0. The van der Waals surface area contributed by atoms with Crippen LogP contribution in [0.15, 0.2) is 0 Å². The highest BCUT2D eigenvalue weighted by Crippen LogP contribution is 2.23. The first-order valence-electron chi connectivity index (χ1n) is 4.97. The second-order valence-electron chi connectivity index (χ2n) is 3.49. The second-order valence-corrected chi connectivity index (χ2v) is 3.49. The molecule has 0 saturated carbocycles. The molecule has 1 aliphatic rings. The number of hydrogen-bond acceptors (Lipinski definition) is 6. The first-order valence-corrected chi connectivity index (χ1v) is 4.97. The van der Waals surface area contributed by atoms with Gasteiger partial charge in [-0.15, -0.1) is 0 Å². The third kappa shape index (κ3) is 2.52. The van der Waals surface area contributed by atoms with Crippen molar-refractivity contribution in [3.05, 3.63) is 0 Å². The molecule has 1 heterocycles. The van der Waals surface area contributed by atoms with Gasteiger partial charge in [-0.25, -0.2) is 4.79 Å². The zero-order valence-corrected chi connectivity index (χ0v) is 9.97. The van der Waals surface area contributed by atoms with E-state index in [0.717, 1.165) is 0 Å². The van der Waals surface area contributed by atoms with E-state index in [4.69, 9.17) is 23.7 Å². The van der Waals surface area contributed by atoms with Crippen LogP contribution in [0.5, 0.6) is 0 Å². The van der Waals surface area contributed by atoms with Crippen LogP contribution in [0.25, 0.3) is 0 Å². The van der Waals surface area contributed by atoms with E-state index in [0.29, 0.717) is 0 Å². The molecule has 0 unspecified atom stereocenters. The molecule has 94 valence electrons. The van der Waals surface area contributed by atoms with Crippen molar-refractivity contribution in [1.82, 2.24) is 0 Å². The quantitative estimate of drug-likeness (QED) is 0.603. The highest BCUT2D eigenvalue weighted by Gasteiger charge is 2.47. The van der Waals surface area contributed by atoms with Crippen LogP contribution in [0.3, 0.4) is 0 Å². The highest BCUT2D eigenvalue weighted by atomic mass is 16.6. The average Bonchev–Trinajstić information content (AvgIpc) is 2.28. The molecule has 6 heteroatoms. The fraction of sp³-hybridized carbons (Fsp3) is 0.900. The maximum absolute atomic E-state index is 11.6. The Morgan fingerprint density at radius 3 is 2.12 bits per heavy atom. The Morgan fingerprint density at radius 1 is 1.06 bits per heavy atom. The van der Waals surface area contributed by atoms with Crippen molar-refractivity contribution in [2.24, 2.45) is 0 Å². The number of hydrogen-bond donors (Lipinski definition) is 0. The van der Waals surface area contributed by atoms with Gasteiger partial charge in [0.15, 0.2) is 12.2 Å². The van der Waals surface area contributed by atoms with Gasteiger partial charge in [0.1, 0.15) is 12.2 Å². The molecule has 1 aliphatic heterocycles. The van der Waals surface area contributed by atoms with Gasteiger partial charge in [0.05, 0.1) is 6.61 Å². The van der Waals surface area contributed by atoms with Crippen molar-refractivity contribution in [2.75, 3.05) is 35.0 Å². The fourth-order valence-corrected chi connectivity index (χ4v) is 1.87. The van der Waals surface area contributed by atoms with Gasteiger partial charge in [-0.3, -0.25) is 0 Å². The molecule has 1 saturated heterocycles. The van der Waals surface area contributed by atoms with Gasteiger partial charge in [0, 0.05) is 28.4 Å². The minimum absolute atomic E-state index is 0.264. The lowest BCUT2D eigenvalue weighted by Crippen LogP contribution is -2.58. The minimum Gasteiger partial charge on any atom is -0.455 e. The summed E-state index contributed by atoms with van der Waals surface area (Å²) in [7, 11) is 6.00. The molecule has 0 aliphatic carbocycles. The third-order valence-electron chi connectivity index (χ3n) is 2.62. The predicted octanol–water partition coefficient (Wildman–Crippen LogP) is -0.397. The lowest BCUT2D eigenvalue weighted by molar-refractivity contribution is -0.220. The monoisotopic (exact) mass is 234 g/mol. The molecular weight excluding hydrogens is 216 g/mol. The van der Waals surface area contributed by atoms with Gasteiger partial charge in [-0.05, 0) is 0 Å². The van der Waals surface area contributed by atoms with Gasteiger partial charge < -0.3 is 23.7 Å². The van der Waals surface area contributed by atoms with Crippen molar-refractivity contribution < 1.29 is 28.5 Å². The molecule has 0 bridgehead atoms. The van der Waals surface area contributed by atoms with Crippen LogP contribution >= 0.6 is 0 Å². The van der Waals surface area contributed by atoms with Crippen molar-refractivity contribution in [2.45, 2.75) is 24.4 Å². The highest BCUT2D eigenvalue weighted by molar-refractivity contribution is 5.76. The zero-order chi connectivity index (χ0) is 12.1. The number of esters is 1. The first-order chi connectivity index (χ1) is 7.69. The molecule has 0 aromatic rings. The Labute approximate surface area is 94.7 Å². The van der Waals surface area contributed by atoms with E-state index in [1.807, 2.05) is 0 Å². The molecule has 1 fully saturated rings. The molecular formula is C10H18O6. The molecule has 0 amide bonds. The number of carbonyl (C=O) groups excluding carboxylic acids is 1. The molecule has 0 spiro atoms. The Hall–Kier alpha value is -0.690. The first kappa shape index (κ1) is 13.4. The normalized spacial score (nSPS) is 34.9. The van der Waals surface area contributed by atoms with Crippen LogP contribution in [-0.2, 0) is 28.5 Å². The van der Waals surface area contributed by atoms with Crippen molar-refractivity contribution in [1.29, 1.82) is 0 Å². The second kappa shape index (κ2) is 6.15. The molecule has 1 rings (SSSR count). The van der Waals surface area contributed by atoms with E-state index in [9.17, 15) is 4.79 Å². The van der Waals surface area contributed by atoms with E-state index in [-0.39, 0.29) is 6.61 Å². The summed E-state index contributed by atoms with van der Waals surface area (Å²) >= 11 is 0. The summed E-state index contributed by atoms with van der Waals surface area (Å²) in [5, 5.41) is 0. The van der Waals surface area contributed by atoms with Crippen molar-refractivity contribution in [3.63, 3.8) is 0 Å². The summed E-state index contributed by atoms with van der Waals surface area (Å²) in [6.07, 6.45) is -2.12. The number of rotatable bonds is 5. The third-order valence-corrected chi connectivity index (χ3v) is 2.62. The van der Waals surface area contributed by atoms with E-state index in [2.05, 4.69) is 0 Å². The smallest absolute Gasteiger partial charge is 0.338 e. The lowest BCUT2D eigenvalue weighted by Gasteiger charge is -2.39. The van der Waals surface area contributed by atoms with Crippen LogP contribution in [0.1, 0.15) is 0 Å². The Balaban J connectivity index is 2.83. The van der Waals surface area contributed by atoms with Gasteiger partial charge in [0.2, 0.25) is 0 Å². The predicted molar refractivity (Wildman–Crippen MR) is 54.1 cm³/mol. The summed E-state index contributed by atoms with van der Waals surface area (Å²) in [6, 6.07) is 0. The largest absolute Gasteiger partial charge is 0.455 e. The lowest BCUT2D eigenvalue weighted by atomic mass is 9.99. The number of cyclic esters (lactones) is 1. The van der Waals surface area contributed by atoms with Gasteiger partial charge in [-0.2, -0.15) is 0 Å². The van der Waals surface area contributed by atoms with E-state index in [1.54, 1.807) is 0 Å². The van der Waals surface area contributed by atoms with Crippen LogP contribution in [0, 0.1) is 0 Å². The molecule has 0 N–H and O–H groups in total. The maximum Gasteiger partial charge on any atom is 0.338 e. The molecule has 6 nitrogen and oxygen atoms in total. The molecule has 0 aromatic carbocycles. The SMILES string of the molecule is COC[C@H]1OC(=O)[C@H](OC)[C@@H](OC)[C@H]1OC. The standard InChI is InChI=1S/C10H18O6/c1-12-5-6-7(13-2)8(14-3)9(15-4)10(11)16-6/h6-9H,5H2,1-4H3/t6-,7+,8+,9-/m1/s1. The van der Waals surface area contributed by atoms with Crippen LogP contribution in [0.2, 0.25) is 0 Å². The molecule has 4 atom stereocenters. The van der Waals surface area contributed by atoms with Gasteiger partial charge >= 0.3 is 5.97 Å². The van der Waals surface area contributed by atoms with Gasteiger partial charge in [-0.1, -0.05) is 0 Å². The van der Waals surface area contributed by atoms with Crippen LogP contribution in [-0.4, -0.2) is 65.4 Å². The Kier molecular flexibility index (Phi) is 5.14. The summed E-state index contributed by atoms with van der Waals surface area (Å²) in [4.78, 5) is 11.6. The van der Waals surface area contributed by atoms with E-state index >= 15 is 0 Å². The number of ether oxygens (including phenoxy) is 5. The summed E-state index contributed by atoms with van der Waals surface area (Å²) in [5.74, 6) is -0.454. The van der Waals surface area contributed by atoms with Crippen molar-refractivity contribution >= 4 is 5.97 Å². The average molecular weight is 234 g/mol. The topological polar surface area (TPSA) is 63.2 Å². The minimum atomic E-state index is -0.761. The summed E-state index contributed by atoms with van der Waals surface area (Å²) in [6.45, 7) is 0.264. The van der Waals surface area contributed by atoms with Gasteiger partial charge in [0.25, 0.3) is 0 Å². The van der Waals surface area contributed by atoms with Crippen molar-refractivity contribution in [3.8, 4) is 0 Å². The molecule has 16 heavy (non-hydrogen) atoms. The van der Waals surface area contributed by atoms with E-state index < -0.39 is 30.4 Å².